The number of amides is 4. The Hall–Kier alpha value is -4.40. The molecule has 9 heteroatoms. The minimum Gasteiger partial charge on any atom is -0.454 e. The van der Waals surface area contributed by atoms with Crippen molar-refractivity contribution >= 4 is 29.2 Å². The van der Waals surface area contributed by atoms with E-state index in [1.807, 2.05) is 67.8 Å². The number of aliphatic imine (C=N–C) groups is 1. The third-order valence-electron chi connectivity index (χ3n) is 6.07. The summed E-state index contributed by atoms with van der Waals surface area (Å²) >= 11 is 0. The van der Waals surface area contributed by atoms with Crippen molar-refractivity contribution in [3.63, 3.8) is 0 Å². The van der Waals surface area contributed by atoms with Gasteiger partial charge in [-0.15, -0.1) is 0 Å². The molecule has 178 valence electrons. The SMILES string of the molecule is Cc1cccc(NC(=O)CN2C(=O)N=C(Cc3cc(C)n(-c4ccc5c(c4)OCO5)c3C)C2=O)c1. The second-order valence-corrected chi connectivity index (χ2v) is 8.60. The Morgan fingerprint density at radius 2 is 1.83 bits per heavy atom. The number of aromatic nitrogens is 1. The average Bonchev–Trinajstić information content (AvgIpc) is 3.46. The first-order valence-electron chi connectivity index (χ1n) is 11.2. The molecule has 2 aliphatic heterocycles. The number of anilines is 1. The molecule has 3 heterocycles. The van der Waals surface area contributed by atoms with Crippen molar-refractivity contribution in [1.82, 2.24) is 9.47 Å². The van der Waals surface area contributed by atoms with E-state index >= 15 is 0 Å². The molecular formula is C26H24N4O5. The van der Waals surface area contributed by atoms with Crippen LogP contribution in [0.2, 0.25) is 0 Å². The number of carbonyl (C=O) groups is 3. The van der Waals surface area contributed by atoms with Gasteiger partial charge in [-0.25, -0.2) is 9.69 Å². The lowest BCUT2D eigenvalue weighted by Gasteiger charge is -2.13. The Morgan fingerprint density at radius 1 is 1.03 bits per heavy atom. The molecule has 1 aromatic heterocycles. The summed E-state index contributed by atoms with van der Waals surface area (Å²) in [6, 6.07) is 14.2. The highest BCUT2D eigenvalue weighted by molar-refractivity contribution is 6.46. The van der Waals surface area contributed by atoms with Crippen LogP contribution in [0.3, 0.4) is 0 Å². The number of hydrogen-bond donors (Lipinski definition) is 1. The number of carbonyl (C=O) groups excluding carboxylic acids is 3. The van der Waals surface area contributed by atoms with Crippen LogP contribution in [0, 0.1) is 20.8 Å². The predicted molar refractivity (Wildman–Crippen MR) is 129 cm³/mol. The van der Waals surface area contributed by atoms with Gasteiger partial charge in [0.05, 0.1) is 0 Å². The molecule has 3 aromatic rings. The Balaban J connectivity index is 1.30. The van der Waals surface area contributed by atoms with Crippen LogP contribution in [-0.2, 0) is 16.0 Å². The third-order valence-corrected chi connectivity index (χ3v) is 6.07. The minimum absolute atomic E-state index is 0.115. The number of rotatable bonds is 6. The molecule has 0 unspecified atom stereocenters. The van der Waals surface area contributed by atoms with E-state index in [0.717, 1.165) is 33.1 Å². The molecule has 1 N–H and O–H groups in total. The summed E-state index contributed by atoms with van der Waals surface area (Å²) < 4.78 is 12.9. The van der Waals surface area contributed by atoms with Crippen LogP contribution in [0.25, 0.3) is 5.69 Å². The van der Waals surface area contributed by atoms with Crippen LogP contribution in [0.4, 0.5) is 10.5 Å². The summed E-state index contributed by atoms with van der Waals surface area (Å²) in [7, 11) is 0. The van der Waals surface area contributed by atoms with Crippen molar-refractivity contribution in [1.29, 1.82) is 0 Å². The van der Waals surface area contributed by atoms with Gasteiger partial charge < -0.3 is 19.4 Å². The van der Waals surface area contributed by atoms with Crippen LogP contribution < -0.4 is 14.8 Å². The Bertz CT molecular complexity index is 1400. The summed E-state index contributed by atoms with van der Waals surface area (Å²) in [5.41, 5.74) is 5.35. The van der Waals surface area contributed by atoms with E-state index in [2.05, 4.69) is 10.3 Å². The van der Waals surface area contributed by atoms with Crippen molar-refractivity contribution in [2.75, 3.05) is 18.7 Å². The number of nitrogens with zero attached hydrogens (tertiary/aromatic N) is 3. The maximum atomic E-state index is 12.9. The van der Waals surface area contributed by atoms with Gasteiger partial charge in [-0.2, -0.15) is 4.99 Å². The van der Waals surface area contributed by atoms with Gasteiger partial charge in [0.1, 0.15) is 12.3 Å². The van der Waals surface area contributed by atoms with E-state index in [1.165, 1.54) is 0 Å². The van der Waals surface area contributed by atoms with E-state index in [0.29, 0.717) is 17.2 Å². The number of benzene rings is 2. The zero-order valence-corrected chi connectivity index (χ0v) is 19.6. The normalized spacial score (nSPS) is 14.5. The molecular weight excluding hydrogens is 448 g/mol. The van der Waals surface area contributed by atoms with Crippen LogP contribution in [0.5, 0.6) is 11.5 Å². The quantitative estimate of drug-likeness (QED) is 0.589. The molecule has 0 radical (unpaired) electrons. The maximum absolute atomic E-state index is 12.9. The second kappa shape index (κ2) is 8.75. The summed E-state index contributed by atoms with van der Waals surface area (Å²) in [5, 5.41) is 2.71. The van der Waals surface area contributed by atoms with Crippen molar-refractivity contribution < 1.29 is 23.9 Å². The van der Waals surface area contributed by atoms with Gasteiger partial charge in [0, 0.05) is 35.2 Å². The van der Waals surface area contributed by atoms with Crippen molar-refractivity contribution in [2.24, 2.45) is 4.99 Å². The van der Waals surface area contributed by atoms with E-state index in [-0.39, 0.29) is 18.9 Å². The van der Waals surface area contributed by atoms with Crippen LogP contribution in [-0.4, -0.2) is 46.4 Å². The van der Waals surface area contributed by atoms with Gasteiger partial charge in [-0.05, 0) is 62.2 Å². The number of aryl methyl sites for hydroxylation is 2. The summed E-state index contributed by atoms with van der Waals surface area (Å²) in [6.45, 7) is 5.62. The lowest BCUT2D eigenvalue weighted by atomic mass is 10.1. The number of ether oxygens (including phenoxy) is 2. The number of hydrogen-bond acceptors (Lipinski definition) is 5. The highest BCUT2D eigenvalue weighted by atomic mass is 16.7. The number of urea groups is 1. The first-order valence-corrected chi connectivity index (χ1v) is 11.2. The Morgan fingerprint density at radius 3 is 2.63 bits per heavy atom. The zero-order valence-electron chi connectivity index (χ0n) is 19.6. The minimum atomic E-state index is -0.728. The van der Waals surface area contributed by atoms with Gasteiger partial charge in [0.25, 0.3) is 5.91 Å². The smallest absolute Gasteiger partial charge is 0.351 e. The van der Waals surface area contributed by atoms with Crippen molar-refractivity contribution in [3.05, 3.63) is 71.0 Å². The fraction of sp³-hybridized carbons (Fsp3) is 0.231. The number of imide groups is 1. The van der Waals surface area contributed by atoms with E-state index in [4.69, 9.17) is 9.47 Å². The van der Waals surface area contributed by atoms with Crippen molar-refractivity contribution in [3.8, 4) is 17.2 Å². The fourth-order valence-electron chi connectivity index (χ4n) is 4.40. The van der Waals surface area contributed by atoms with Crippen LogP contribution in [0.1, 0.15) is 22.5 Å². The molecule has 2 aromatic carbocycles. The van der Waals surface area contributed by atoms with E-state index in [9.17, 15) is 14.4 Å². The molecule has 0 atom stereocenters. The second-order valence-electron chi connectivity index (χ2n) is 8.60. The van der Waals surface area contributed by atoms with Gasteiger partial charge in [-0.3, -0.25) is 9.59 Å². The first kappa shape index (κ1) is 22.4. The molecule has 0 saturated heterocycles. The van der Waals surface area contributed by atoms with E-state index < -0.39 is 24.4 Å². The molecule has 0 spiro atoms. The molecule has 0 saturated carbocycles. The molecule has 9 nitrogen and oxygen atoms in total. The maximum Gasteiger partial charge on any atom is 0.351 e. The number of fused-ring (bicyclic) bond motifs is 1. The lowest BCUT2D eigenvalue weighted by molar-refractivity contribution is -0.125. The monoisotopic (exact) mass is 472 g/mol. The molecule has 0 aliphatic carbocycles. The molecule has 5 rings (SSSR count). The molecule has 2 aliphatic rings. The average molecular weight is 473 g/mol. The van der Waals surface area contributed by atoms with Gasteiger partial charge in [0.2, 0.25) is 12.7 Å². The Labute approximate surface area is 202 Å². The molecule has 0 bridgehead atoms. The first-order chi connectivity index (χ1) is 16.8. The molecule has 0 fully saturated rings. The summed E-state index contributed by atoms with van der Waals surface area (Å²) in [4.78, 5) is 42.6. The van der Waals surface area contributed by atoms with Gasteiger partial charge in [-0.1, -0.05) is 12.1 Å². The zero-order chi connectivity index (χ0) is 24.7. The topological polar surface area (TPSA) is 102 Å². The summed E-state index contributed by atoms with van der Waals surface area (Å²) in [6.07, 6.45) is 0.185. The van der Waals surface area contributed by atoms with Gasteiger partial charge >= 0.3 is 6.03 Å². The largest absolute Gasteiger partial charge is 0.454 e. The third kappa shape index (κ3) is 4.28. The van der Waals surface area contributed by atoms with Crippen LogP contribution >= 0.6 is 0 Å². The van der Waals surface area contributed by atoms with Gasteiger partial charge in [0.15, 0.2) is 11.5 Å². The molecule has 35 heavy (non-hydrogen) atoms. The number of nitrogens with one attached hydrogen (secondary N) is 1. The fourth-order valence-corrected chi connectivity index (χ4v) is 4.40. The van der Waals surface area contributed by atoms with Crippen LogP contribution in [0.15, 0.2) is 53.5 Å². The summed E-state index contributed by atoms with van der Waals surface area (Å²) in [5.74, 6) is 0.362. The lowest BCUT2D eigenvalue weighted by Crippen LogP contribution is -2.39. The highest BCUT2D eigenvalue weighted by Crippen LogP contribution is 2.35. The highest BCUT2D eigenvalue weighted by Gasteiger charge is 2.35. The van der Waals surface area contributed by atoms with E-state index in [1.54, 1.807) is 6.07 Å². The Kier molecular flexibility index (Phi) is 5.60. The molecule has 4 amide bonds. The van der Waals surface area contributed by atoms with Crippen molar-refractivity contribution in [2.45, 2.75) is 27.2 Å². The predicted octanol–water partition coefficient (Wildman–Crippen LogP) is 3.72. The standard InChI is InChI=1S/C26H24N4O5/c1-15-5-4-6-19(9-15)27-24(31)13-29-25(32)21(28-26(29)33)11-18-10-16(2)30(17(18)3)20-7-8-22-23(12-20)35-14-34-22/h4-10,12H,11,13-14H2,1-3H3,(H,27,31).